The van der Waals surface area contributed by atoms with Gasteiger partial charge in [-0.1, -0.05) is 0 Å². The predicted octanol–water partition coefficient (Wildman–Crippen LogP) is 1.40. The maximum Gasteiger partial charge on any atom is 0.309 e. The second-order valence-corrected chi connectivity index (χ2v) is 4.47. The standard InChI is InChI=1S/C10H16O3/c11-8-3-5-10(6-4-8,9(12)13)7-1-2-7/h7-8,11H,1-6H2,(H,12,13). The Morgan fingerprint density at radius 1 is 1.15 bits per heavy atom. The molecule has 2 fully saturated rings. The van der Waals surface area contributed by atoms with E-state index in [0.717, 1.165) is 12.8 Å². The molecule has 0 unspecified atom stereocenters. The van der Waals surface area contributed by atoms with Crippen molar-refractivity contribution >= 4 is 5.97 Å². The first-order chi connectivity index (χ1) is 6.15. The Balaban J connectivity index is 2.10. The van der Waals surface area contributed by atoms with Crippen LogP contribution in [-0.2, 0) is 4.79 Å². The number of aliphatic carboxylic acids is 1. The first-order valence-electron chi connectivity index (χ1n) is 5.06. The van der Waals surface area contributed by atoms with Crippen molar-refractivity contribution in [1.29, 1.82) is 0 Å². The van der Waals surface area contributed by atoms with Crippen molar-refractivity contribution in [3.05, 3.63) is 0 Å². The summed E-state index contributed by atoms with van der Waals surface area (Å²) < 4.78 is 0. The largest absolute Gasteiger partial charge is 0.481 e. The summed E-state index contributed by atoms with van der Waals surface area (Å²) in [6, 6.07) is 0. The molecule has 2 N–H and O–H groups in total. The monoisotopic (exact) mass is 184 g/mol. The van der Waals surface area contributed by atoms with Crippen molar-refractivity contribution in [3.63, 3.8) is 0 Å². The minimum atomic E-state index is -0.637. The second-order valence-electron chi connectivity index (χ2n) is 4.47. The molecule has 0 aromatic carbocycles. The zero-order valence-electron chi connectivity index (χ0n) is 7.70. The predicted molar refractivity (Wildman–Crippen MR) is 47.3 cm³/mol. The highest BCUT2D eigenvalue weighted by atomic mass is 16.4. The van der Waals surface area contributed by atoms with E-state index in [1.807, 2.05) is 0 Å². The third-order valence-corrected chi connectivity index (χ3v) is 3.63. The van der Waals surface area contributed by atoms with Crippen molar-refractivity contribution in [2.24, 2.45) is 11.3 Å². The van der Waals surface area contributed by atoms with Gasteiger partial charge in [-0.15, -0.1) is 0 Å². The lowest BCUT2D eigenvalue weighted by atomic mass is 9.70. The first-order valence-corrected chi connectivity index (χ1v) is 5.06. The average Bonchev–Trinajstić information content (AvgIpc) is 2.88. The van der Waals surface area contributed by atoms with Gasteiger partial charge in [-0.05, 0) is 44.4 Å². The number of hydrogen-bond donors (Lipinski definition) is 2. The van der Waals surface area contributed by atoms with Crippen molar-refractivity contribution in [3.8, 4) is 0 Å². The number of aliphatic hydroxyl groups excluding tert-OH is 1. The summed E-state index contributed by atoms with van der Waals surface area (Å²) in [7, 11) is 0. The Kier molecular flexibility index (Phi) is 2.06. The highest BCUT2D eigenvalue weighted by Crippen LogP contribution is 2.53. The summed E-state index contributed by atoms with van der Waals surface area (Å²) in [6.45, 7) is 0. The molecule has 0 radical (unpaired) electrons. The molecule has 2 rings (SSSR count). The third kappa shape index (κ3) is 1.46. The zero-order chi connectivity index (χ0) is 9.47. The summed E-state index contributed by atoms with van der Waals surface area (Å²) in [6.07, 6.45) is 4.57. The van der Waals surface area contributed by atoms with Gasteiger partial charge in [0.1, 0.15) is 0 Å². The summed E-state index contributed by atoms with van der Waals surface area (Å²) in [5.41, 5.74) is -0.473. The average molecular weight is 184 g/mol. The van der Waals surface area contributed by atoms with Gasteiger partial charge in [0.2, 0.25) is 0 Å². The molecule has 2 aliphatic rings. The molecule has 0 spiro atoms. The lowest BCUT2D eigenvalue weighted by molar-refractivity contribution is -0.154. The molecule has 0 heterocycles. The number of rotatable bonds is 2. The van der Waals surface area contributed by atoms with Crippen LogP contribution in [0.25, 0.3) is 0 Å². The van der Waals surface area contributed by atoms with Gasteiger partial charge >= 0.3 is 5.97 Å². The van der Waals surface area contributed by atoms with Crippen LogP contribution in [0.1, 0.15) is 38.5 Å². The van der Waals surface area contributed by atoms with E-state index < -0.39 is 11.4 Å². The molecular weight excluding hydrogens is 168 g/mol. The summed E-state index contributed by atoms with van der Waals surface area (Å²) in [5, 5.41) is 18.5. The van der Waals surface area contributed by atoms with Crippen LogP contribution in [0, 0.1) is 11.3 Å². The van der Waals surface area contributed by atoms with Gasteiger partial charge in [-0.3, -0.25) is 4.79 Å². The van der Waals surface area contributed by atoms with Crippen LogP contribution in [0.5, 0.6) is 0 Å². The number of aliphatic hydroxyl groups is 1. The fourth-order valence-corrected chi connectivity index (χ4v) is 2.55. The molecule has 0 bridgehead atoms. The van der Waals surface area contributed by atoms with Gasteiger partial charge in [0, 0.05) is 0 Å². The first kappa shape index (κ1) is 9.00. The van der Waals surface area contributed by atoms with Crippen molar-refractivity contribution < 1.29 is 15.0 Å². The Morgan fingerprint density at radius 2 is 1.69 bits per heavy atom. The quantitative estimate of drug-likeness (QED) is 0.682. The Hall–Kier alpha value is -0.570. The van der Waals surface area contributed by atoms with E-state index in [4.69, 9.17) is 0 Å². The molecule has 0 atom stereocenters. The Morgan fingerprint density at radius 3 is 2.08 bits per heavy atom. The van der Waals surface area contributed by atoms with Crippen molar-refractivity contribution in [2.45, 2.75) is 44.6 Å². The molecule has 0 aromatic rings. The third-order valence-electron chi connectivity index (χ3n) is 3.63. The molecule has 3 heteroatoms. The van der Waals surface area contributed by atoms with E-state index in [9.17, 15) is 15.0 Å². The van der Waals surface area contributed by atoms with Gasteiger partial charge in [0.15, 0.2) is 0 Å². The zero-order valence-corrected chi connectivity index (χ0v) is 7.70. The molecule has 74 valence electrons. The highest BCUT2D eigenvalue weighted by molar-refractivity contribution is 5.75. The number of carboxylic acids is 1. The summed E-state index contributed by atoms with van der Waals surface area (Å²) in [4.78, 5) is 11.2. The molecule has 2 aliphatic carbocycles. The van der Waals surface area contributed by atoms with Gasteiger partial charge in [-0.25, -0.2) is 0 Å². The Bertz CT molecular complexity index is 212. The van der Waals surface area contributed by atoms with Crippen molar-refractivity contribution in [1.82, 2.24) is 0 Å². The van der Waals surface area contributed by atoms with E-state index in [1.54, 1.807) is 0 Å². The van der Waals surface area contributed by atoms with Crippen LogP contribution in [0.4, 0.5) is 0 Å². The van der Waals surface area contributed by atoms with E-state index >= 15 is 0 Å². The van der Waals surface area contributed by atoms with E-state index in [0.29, 0.717) is 31.6 Å². The van der Waals surface area contributed by atoms with Crippen molar-refractivity contribution in [2.75, 3.05) is 0 Å². The topological polar surface area (TPSA) is 57.5 Å². The van der Waals surface area contributed by atoms with Gasteiger partial charge in [0.25, 0.3) is 0 Å². The van der Waals surface area contributed by atoms with Gasteiger partial charge in [-0.2, -0.15) is 0 Å². The van der Waals surface area contributed by atoms with Crippen LogP contribution in [-0.4, -0.2) is 22.3 Å². The smallest absolute Gasteiger partial charge is 0.309 e. The normalized spacial score (nSPS) is 40.2. The van der Waals surface area contributed by atoms with Crippen LogP contribution in [0.15, 0.2) is 0 Å². The molecule has 0 aromatic heterocycles. The fraction of sp³-hybridized carbons (Fsp3) is 0.900. The van der Waals surface area contributed by atoms with E-state index in [-0.39, 0.29) is 6.10 Å². The van der Waals surface area contributed by atoms with E-state index in [2.05, 4.69) is 0 Å². The molecular formula is C10H16O3. The lowest BCUT2D eigenvalue weighted by Crippen LogP contribution is -2.38. The van der Waals surface area contributed by atoms with Gasteiger partial charge < -0.3 is 10.2 Å². The molecule has 0 amide bonds. The van der Waals surface area contributed by atoms with Crippen LogP contribution in [0.3, 0.4) is 0 Å². The minimum absolute atomic E-state index is 0.258. The minimum Gasteiger partial charge on any atom is -0.481 e. The van der Waals surface area contributed by atoms with E-state index in [1.165, 1.54) is 0 Å². The Labute approximate surface area is 77.8 Å². The molecule has 0 saturated heterocycles. The SMILES string of the molecule is O=C(O)C1(C2CC2)CCC(O)CC1. The lowest BCUT2D eigenvalue weighted by Gasteiger charge is -2.35. The van der Waals surface area contributed by atoms with Crippen LogP contribution in [0.2, 0.25) is 0 Å². The maximum absolute atomic E-state index is 11.2. The summed E-state index contributed by atoms with van der Waals surface area (Å²) in [5.74, 6) is -0.237. The number of carboxylic acid groups (broad SMARTS) is 1. The van der Waals surface area contributed by atoms with Gasteiger partial charge in [0.05, 0.1) is 11.5 Å². The molecule has 0 aliphatic heterocycles. The molecule has 3 nitrogen and oxygen atoms in total. The van der Waals surface area contributed by atoms with Crippen LogP contribution >= 0.6 is 0 Å². The molecule has 2 saturated carbocycles. The summed E-state index contributed by atoms with van der Waals surface area (Å²) >= 11 is 0. The number of hydrogen-bond acceptors (Lipinski definition) is 2. The fourth-order valence-electron chi connectivity index (χ4n) is 2.55. The maximum atomic E-state index is 11.2. The molecule has 13 heavy (non-hydrogen) atoms. The number of carbonyl (C=O) groups is 1. The second kappa shape index (κ2) is 2.98. The van der Waals surface area contributed by atoms with Crippen LogP contribution < -0.4 is 0 Å². The highest BCUT2D eigenvalue weighted by Gasteiger charge is 2.52.